The van der Waals surface area contributed by atoms with Gasteiger partial charge in [-0.25, -0.2) is 0 Å². The summed E-state index contributed by atoms with van der Waals surface area (Å²) in [7, 11) is 0. The maximum absolute atomic E-state index is 0. The molecule has 0 saturated heterocycles. The van der Waals surface area contributed by atoms with Gasteiger partial charge in [0.05, 0.1) is 0 Å². The molecule has 0 amide bonds. The van der Waals surface area contributed by atoms with Crippen LogP contribution in [0, 0.1) is 0 Å². The summed E-state index contributed by atoms with van der Waals surface area (Å²) in [6.07, 6.45) is 0. The molecule has 0 saturated carbocycles. The Labute approximate surface area is 75.7 Å². The molecule has 0 nitrogen and oxygen atoms in total. The molecule has 0 aromatic rings. The molecule has 0 rings (SSSR count). The molecule has 0 atom stereocenters. The standard InChI is InChI=1S/B.5H2S/h;5*1H2. The van der Waals surface area contributed by atoms with E-state index in [2.05, 4.69) is 0 Å². The van der Waals surface area contributed by atoms with E-state index in [9.17, 15) is 0 Å². The molecule has 0 unspecified atom stereocenters. The molecule has 6 heavy (non-hydrogen) atoms. The van der Waals surface area contributed by atoms with Gasteiger partial charge in [0.2, 0.25) is 0 Å². The van der Waals surface area contributed by atoms with Crippen LogP contribution in [0.4, 0.5) is 0 Å². The zero-order valence-corrected chi connectivity index (χ0v) is 8.08. The molecule has 0 aromatic carbocycles. The highest BCUT2D eigenvalue weighted by atomic mass is 32.1. The van der Waals surface area contributed by atoms with Crippen LogP contribution in [0.2, 0.25) is 0 Å². The van der Waals surface area contributed by atoms with Crippen molar-refractivity contribution in [3.8, 4) is 0 Å². The average molecular weight is 181 g/mol. The maximum atomic E-state index is 0. The molecular weight excluding hydrogens is 171 g/mol. The normalized spacial score (nSPS) is 0. The monoisotopic (exact) mass is 181 g/mol. The molecule has 0 aromatic heterocycles. The van der Waals surface area contributed by atoms with E-state index in [1.165, 1.54) is 0 Å². The number of hydrogen-bond donors (Lipinski definition) is 0. The van der Waals surface area contributed by atoms with E-state index in [0.717, 1.165) is 0 Å². The molecule has 0 heterocycles. The quantitative estimate of drug-likeness (QED) is 0.468. The predicted octanol–water partition coefficient (Wildman–Crippen LogP) is 0.183. The van der Waals surface area contributed by atoms with E-state index < -0.39 is 0 Å². The summed E-state index contributed by atoms with van der Waals surface area (Å²) in [6.45, 7) is 0. The van der Waals surface area contributed by atoms with E-state index in [0.29, 0.717) is 0 Å². The summed E-state index contributed by atoms with van der Waals surface area (Å²) in [5.74, 6) is 0. The van der Waals surface area contributed by atoms with Gasteiger partial charge in [-0.3, -0.25) is 0 Å². The van der Waals surface area contributed by atoms with Crippen LogP contribution >= 0.6 is 67.5 Å². The van der Waals surface area contributed by atoms with Crippen LogP contribution in [0.25, 0.3) is 0 Å². The Morgan fingerprint density at radius 2 is 0.333 bits per heavy atom. The van der Waals surface area contributed by atoms with Crippen molar-refractivity contribution in [1.82, 2.24) is 0 Å². The first-order valence-electron chi connectivity index (χ1n) is 0. The third-order valence-corrected chi connectivity index (χ3v) is 0. The maximum Gasteiger partial charge on any atom is 0 e. The van der Waals surface area contributed by atoms with E-state index in [1.54, 1.807) is 0 Å². The summed E-state index contributed by atoms with van der Waals surface area (Å²) in [6, 6.07) is 0. The predicted molar refractivity (Wildman–Crippen MR) is 57.7 cm³/mol. The van der Waals surface area contributed by atoms with Crippen molar-refractivity contribution < 1.29 is 0 Å². The van der Waals surface area contributed by atoms with Gasteiger partial charge in [-0.05, 0) is 0 Å². The van der Waals surface area contributed by atoms with Crippen molar-refractivity contribution in [3.05, 3.63) is 0 Å². The number of hydrogen-bond acceptors (Lipinski definition) is 0. The minimum atomic E-state index is 0. The smallest absolute Gasteiger partial charge is 0 e. The van der Waals surface area contributed by atoms with Crippen molar-refractivity contribution in [2.45, 2.75) is 0 Å². The van der Waals surface area contributed by atoms with Crippen molar-refractivity contribution in [2.75, 3.05) is 0 Å². The molecule has 0 bridgehead atoms. The van der Waals surface area contributed by atoms with Gasteiger partial charge in [0, 0.05) is 8.41 Å². The van der Waals surface area contributed by atoms with Crippen LogP contribution in [0.1, 0.15) is 0 Å². The molecule has 0 fully saturated rings. The minimum Gasteiger partial charge on any atom is -0.197 e. The lowest BCUT2D eigenvalue weighted by Crippen LogP contribution is -0.381. The zero-order chi connectivity index (χ0) is 0. The van der Waals surface area contributed by atoms with Gasteiger partial charge >= 0.3 is 0 Å². The first-order valence-corrected chi connectivity index (χ1v) is 0. The highest BCUT2D eigenvalue weighted by Crippen LogP contribution is 0.652. The second kappa shape index (κ2) is 70.0. The Morgan fingerprint density at radius 3 is 0.333 bits per heavy atom. The fourth-order valence-corrected chi connectivity index (χ4v) is 0. The van der Waals surface area contributed by atoms with Gasteiger partial charge in [0.1, 0.15) is 0 Å². The van der Waals surface area contributed by atoms with Crippen LogP contribution in [-0.2, 0) is 0 Å². The Kier molecular flexibility index (Phi) is 1280. The van der Waals surface area contributed by atoms with Gasteiger partial charge < -0.3 is 0 Å². The summed E-state index contributed by atoms with van der Waals surface area (Å²) in [5, 5.41) is 0. The Balaban J connectivity index is 0. The van der Waals surface area contributed by atoms with Crippen molar-refractivity contribution in [1.29, 1.82) is 0 Å². The zero-order valence-electron chi connectivity index (χ0n) is 3.08. The SMILES string of the molecule is S.S.S.S.S.[B]. The van der Waals surface area contributed by atoms with Crippen LogP contribution in [0.5, 0.6) is 0 Å². The van der Waals surface area contributed by atoms with Crippen LogP contribution in [-0.4, -0.2) is 8.41 Å². The first-order chi connectivity index (χ1) is 0. The second-order valence-corrected chi connectivity index (χ2v) is 0. The fourth-order valence-electron chi connectivity index (χ4n) is 0. The Bertz CT molecular complexity index is 3.90. The summed E-state index contributed by atoms with van der Waals surface area (Å²) in [5.41, 5.74) is 0. The third-order valence-electron chi connectivity index (χ3n) is 0. The first kappa shape index (κ1) is 110. The molecule has 0 spiro atoms. The summed E-state index contributed by atoms with van der Waals surface area (Å²) < 4.78 is 0. The Hall–Kier alpha value is 1.81. The summed E-state index contributed by atoms with van der Waals surface area (Å²) in [4.78, 5) is 0. The van der Waals surface area contributed by atoms with Gasteiger partial charge in [0.15, 0.2) is 0 Å². The molecule has 0 aliphatic carbocycles. The Morgan fingerprint density at radius 1 is 0.333 bits per heavy atom. The highest BCUT2D eigenvalue weighted by Gasteiger charge is 0.0000259. The van der Waals surface area contributed by atoms with Crippen LogP contribution < -0.4 is 0 Å². The van der Waals surface area contributed by atoms with Crippen LogP contribution in [0.3, 0.4) is 0 Å². The third kappa shape index (κ3) is 40.9. The average Bonchev–Trinajstić information content (AvgIpc) is 0. The van der Waals surface area contributed by atoms with Gasteiger partial charge in [-0.1, -0.05) is 0 Å². The molecule has 0 N–H and O–H groups in total. The molecular formula is H10BS5. The lowest BCUT2D eigenvalue weighted by atomic mass is 10.8. The fraction of sp³-hybridized carbons (Fsp3) is 0. The number of rotatable bonds is 0. The molecule has 6 heteroatoms. The molecule has 0 aliphatic rings. The van der Waals surface area contributed by atoms with Crippen molar-refractivity contribution >= 4 is 75.9 Å². The lowest BCUT2D eigenvalue weighted by molar-refractivity contribution is 5.75. The lowest BCUT2D eigenvalue weighted by Gasteiger charge is -0.198. The highest BCUT2D eigenvalue weighted by molar-refractivity contribution is 7.60. The van der Waals surface area contributed by atoms with E-state index in [4.69, 9.17) is 0 Å². The van der Waals surface area contributed by atoms with E-state index in [-0.39, 0.29) is 75.9 Å². The van der Waals surface area contributed by atoms with Gasteiger partial charge in [-0.2, -0.15) is 67.5 Å². The van der Waals surface area contributed by atoms with E-state index >= 15 is 0 Å². The summed E-state index contributed by atoms with van der Waals surface area (Å²) >= 11 is 0. The van der Waals surface area contributed by atoms with Gasteiger partial charge in [0.25, 0.3) is 0 Å². The molecule has 0 aliphatic heterocycles. The second-order valence-electron chi connectivity index (χ2n) is 0. The topological polar surface area (TPSA) is 0 Å². The molecule has 43 valence electrons. The van der Waals surface area contributed by atoms with E-state index in [1.807, 2.05) is 0 Å². The largest absolute Gasteiger partial charge is 0.197 e. The minimum absolute atomic E-state index is 0. The van der Waals surface area contributed by atoms with Crippen LogP contribution in [0.15, 0.2) is 0 Å². The molecule has 3 radical (unpaired) electrons. The van der Waals surface area contributed by atoms with Crippen molar-refractivity contribution in [3.63, 3.8) is 0 Å². The van der Waals surface area contributed by atoms with Crippen molar-refractivity contribution in [2.24, 2.45) is 0 Å². The van der Waals surface area contributed by atoms with Gasteiger partial charge in [-0.15, -0.1) is 0 Å².